The van der Waals surface area contributed by atoms with Crippen LogP contribution in [-0.4, -0.2) is 19.2 Å². The Morgan fingerprint density at radius 1 is 1.24 bits per heavy atom. The van der Waals surface area contributed by atoms with E-state index >= 15 is 0 Å². The Kier molecular flexibility index (Phi) is 5.67. The van der Waals surface area contributed by atoms with Gasteiger partial charge >= 0.3 is 0 Å². The Morgan fingerprint density at radius 2 is 2.00 bits per heavy atom. The van der Waals surface area contributed by atoms with Gasteiger partial charge in [0.15, 0.2) is 0 Å². The van der Waals surface area contributed by atoms with Crippen LogP contribution in [0.2, 0.25) is 5.02 Å². The maximum Gasteiger partial charge on any atom is 0.257 e. The summed E-state index contributed by atoms with van der Waals surface area (Å²) in [6.45, 7) is 0.690. The van der Waals surface area contributed by atoms with Crippen molar-refractivity contribution in [3.63, 3.8) is 0 Å². The number of benzene rings is 2. The van der Waals surface area contributed by atoms with Gasteiger partial charge < -0.3 is 10.6 Å². The monoisotopic (exact) mass is 320 g/mol. The van der Waals surface area contributed by atoms with E-state index in [1.807, 2.05) is 49.7 Å². The maximum atomic E-state index is 12.4. The molecule has 0 spiro atoms. The van der Waals surface area contributed by atoms with Gasteiger partial charge in [0.1, 0.15) is 0 Å². The van der Waals surface area contributed by atoms with Crippen LogP contribution in [0.4, 0.5) is 5.69 Å². The molecule has 0 aromatic heterocycles. The van der Waals surface area contributed by atoms with Gasteiger partial charge in [-0.05, 0) is 43.1 Å². The first-order valence-corrected chi connectivity index (χ1v) is 8.13. The highest BCUT2D eigenvalue weighted by atomic mass is 35.5. The van der Waals surface area contributed by atoms with Crippen LogP contribution in [-0.2, 0) is 6.54 Å². The molecule has 2 rings (SSSR count). The van der Waals surface area contributed by atoms with Crippen molar-refractivity contribution >= 4 is 35.0 Å². The summed E-state index contributed by atoms with van der Waals surface area (Å²) in [5.41, 5.74) is 2.32. The summed E-state index contributed by atoms with van der Waals surface area (Å²) < 4.78 is 0. The summed E-state index contributed by atoms with van der Waals surface area (Å²) in [5, 5.41) is 6.47. The lowest BCUT2D eigenvalue weighted by atomic mass is 10.1. The van der Waals surface area contributed by atoms with Gasteiger partial charge in [0.2, 0.25) is 0 Å². The smallest absolute Gasteiger partial charge is 0.257 e. The number of nitrogens with one attached hydrogen (secondary N) is 2. The Bertz CT molecular complexity index is 646. The topological polar surface area (TPSA) is 41.1 Å². The lowest BCUT2D eigenvalue weighted by Gasteiger charge is -2.12. The molecule has 5 heteroatoms. The molecule has 0 saturated carbocycles. The molecule has 0 aliphatic rings. The highest BCUT2D eigenvalue weighted by molar-refractivity contribution is 7.98. The number of amides is 1. The number of para-hydroxylation sites is 1. The molecule has 0 saturated heterocycles. The van der Waals surface area contributed by atoms with Crippen molar-refractivity contribution in [1.29, 1.82) is 0 Å². The second kappa shape index (κ2) is 7.50. The highest BCUT2D eigenvalue weighted by Crippen LogP contribution is 2.24. The molecule has 0 aliphatic carbocycles. The van der Waals surface area contributed by atoms with Crippen LogP contribution >= 0.6 is 23.4 Å². The molecule has 2 aromatic rings. The minimum absolute atomic E-state index is 0.195. The number of carbonyl (C=O) groups excluding carboxylic acids is 1. The molecule has 0 fully saturated rings. The van der Waals surface area contributed by atoms with Crippen LogP contribution in [0, 0.1) is 0 Å². The molecule has 2 N–H and O–H groups in total. The number of anilines is 1. The standard InChI is InChI=1S/C16H17ClN2OS/c1-18-10-11-5-3-4-6-15(11)19-16(20)13-9-12(21-2)7-8-14(13)17/h3-9,18H,10H2,1-2H3,(H,19,20). The lowest BCUT2D eigenvalue weighted by molar-refractivity contribution is 0.102. The second-order valence-corrected chi connectivity index (χ2v) is 5.77. The van der Waals surface area contributed by atoms with Crippen molar-refractivity contribution in [2.45, 2.75) is 11.4 Å². The summed E-state index contributed by atoms with van der Waals surface area (Å²) in [4.78, 5) is 13.4. The average molecular weight is 321 g/mol. The largest absolute Gasteiger partial charge is 0.322 e. The van der Waals surface area contributed by atoms with E-state index in [0.29, 0.717) is 17.1 Å². The third kappa shape index (κ3) is 4.00. The van der Waals surface area contributed by atoms with Crippen molar-refractivity contribution < 1.29 is 4.79 Å². The normalized spacial score (nSPS) is 10.4. The predicted octanol–water partition coefficient (Wildman–Crippen LogP) is 4.03. The molecule has 2 aromatic carbocycles. The lowest BCUT2D eigenvalue weighted by Crippen LogP contribution is -2.15. The van der Waals surface area contributed by atoms with Crippen LogP contribution in [0.3, 0.4) is 0 Å². The van der Waals surface area contributed by atoms with Gasteiger partial charge in [0.25, 0.3) is 5.91 Å². The minimum atomic E-state index is -0.195. The zero-order valence-corrected chi connectivity index (χ0v) is 13.5. The summed E-state index contributed by atoms with van der Waals surface area (Å²) in [6.07, 6.45) is 1.97. The van der Waals surface area contributed by atoms with E-state index in [1.165, 1.54) is 0 Å². The molecule has 3 nitrogen and oxygen atoms in total. The number of halogens is 1. The molecular formula is C16H17ClN2OS. The van der Waals surface area contributed by atoms with Crippen molar-refractivity contribution in [1.82, 2.24) is 5.32 Å². The zero-order valence-electron chi connectivity index (χ0n) is 11.9. The van der Waals surface area contributed by atoms with E-state index in [2.05, 4.69) is 10.6 Å². The fraction of sp³-hybridized carbons (Fsp3) is 0.188. The molecule has 0 aliphatic heterocycles. The SMILES string of the molecule is CNCc1ccccc1NC(=O)c1cc(SC)ccc1Cl. The van der Waals surface area contributed by atoms with Gasteiger partial charge in [0, 0.05) is 17.1 Å². The highest BCUT2D eigenvalue weighted by Gasteiger charge is 2.13. The third-order valence-electron chi connectivity index (χ3n) is 3.05. The summed E-state index contributed by atoms with van der Waals surface area (Å²) in [7, 11) is 1.87. The van der Waals surface area contributed by atoms with Crippen molar-refractivity contribution in [3.8, 4) is 0 Å². The Balaban J connectivity index is 2.26. The van der Waals surface area contributed by atoms with Crippen LogP contribution in [0.25, 0.3) is 0 Å². The molecule has 0 atom stereocenters. The maximum absolute atomic E-state index is 12.4. The van der Waals surface area contributed by atoms with Crippen molar-refractivity contribution in [3.05, 3.63) is 58.6 Å². The quantitative estimate of drug-likeness (QED) is 0.817. The zero-order chi connectivity index (χ0) is 15.2. The van der Waals surface area contributed by atoms with Gasteiger partial charge in [-0.2, -0.15) is 0 Å². The number of rotatable bonds is 5. The van der Waals surface area contributed by atoms with Gasteiger partial charge in [0.05, 0.1) is 10.6 Å². The van der Waals surface area contributed by atoms with E-state index in [9.17, 15) is 4.79 Å². The van der Waals surface area contributed by atoms with Crippen LogP contribution in [0.5, 0.6) is 0 Å². The first-order valence-electron chi connectivity index (χ1n) is 6.53. The Morgan fingerprint density at radius 3 is 2.71 bits per heavy atom. The molecule has 0 unspecified atom stereocenters. The van der Waals surface area contributed by atoms with Crippen LogP contribution in [0.1, 0.15) is 15.9 Å². The minimum Gasteiger partial charge on any atom is -0.322 e. The second-order valence-electron chi connectivity index (χ2n) is 4.49. The first kappa shape index (κ1) is 15.9. The molecule has 0 bridgehead atoms. The first-order chi connectivity index (χ1) is 10.2. The van der Waals surface area contributed by atoms with E-state index in [4.69, 9.17) is 11.6 Å². The van der Waals surface area contributed by atoms with Gasteiger partial charge in [-0.15, -0.1) is 11.8 Å². The molecule has 0 heterocycles. The molecule has 21 heavy (non-hydrogen) atoms. The number of carbonyl (C=O) groups is 1. The fourth-order valence-corrected chi connectivity index (χ4v) is 2.63. The van der Waals surface area contributed by atoms with E-state index in [0.717, 1.165) is 16.1 Å². The van der Waals surface area contributed by atoms with E-state index in [1.54, 1.807) is 17.8 Å². The van der Waals surface area contributed by atoms with Gasteiger partial charge in [-0.25, -0.2) is 0 Å². The molecule has 110 valence electrons. The number of hydrogen-bond acceptors (Lipinski definition) is 3. The summed E-state index contributed by atoms with van der Waals surface area (Å²) >= 11 is 7.71. The molecule has 0 radical (unpaired) electrons. The van der Waals surface area contributed by atoms with Crippen LogP contribution < -0.4 is 10.6 Å². The average Bonchev–Trinajstić information content (AvgIpc) is 2.50. The van der Waals surface area contributed by atoms with Crippen molar-refractivity contribution in [2.24, 2.45) is 0 Å². The van der Waals surface area contributed by atoms with Crippen LogP contribution in [0.15, 0.2) is 47.4 Å². The number of thioether (sulfide) groups is 1. The van der Waals surface area contributed by atoms with E-state index < -0.39 is 0 Å². The Hall–Kier alpha value is -1.49. The fourth-order valence-electron chi connectivity index (χ4n) is 1.98. The summed E-state index contributed by atoms with van der Waals surface area (Å²) in [5.74, 6) is -0.195. The van der Waals surface area contributed by atoms with Gasteiger partial charge in [-0.1, -0.05) is 29.8 Å². The van der Waals surface area contributed by atoms with E-state index in [-0.39, 0.29) is 5.91 Å². The predicted molar refractivity (Wildman–Crippen MR) is 90.4 cm³/mol. The summed E-state index contributed by atoms with van der Waals surface area (Å²) in [6, 6.07) is 13.2. The van der Waals surface area contributed by atoms with Gasteiger partial charge in [-0.3, -0.25) is 4.79 Å². The van der Waals surface area contributed by atoms with Crippen molar-refractivity contribution in [2.75, 3.05) is 18.6 Å². The Labute approximate surface area is 134 Å². The number of hydrogen-bond donors (Lipinski definition) is 2. The third-order valence-corrected chi connectivity index (χ3v) is 4.11. The molecule has 1 amide bonds. The molecular weight excluding hydrogens is 304 g/mol.